The summed E-state index contributed by atoms with van der Waals surface area (Å²) in [4.78, 5) is 16.8. The van der Waals surface area contributed by atoms with Crippen molar-refractivity contribution >= 4 is 11.5 Å². The predicted octanol–water partition coefficient (Wildman–Crippen LogP) is 1.26. The molecule has 7 nitrogen and oxygen atoms in total. The lowest BCUT2D eigenvalue weighted by Gasteiger charge is -2.35. The van der Waals surface area contributed by atoms with Gasteiger partial charge in [0.25, 0.3) is 5.69 Å². The molecule has 3 heterocycles. The van der Waals surface area contributed by atoms with Crippen LogP contribution in [0.2, 0.25) is 0 Å². The van der Waals surface area contributed by atoms with E-state index in [-0.39, 0.29) is 11.8 Å². The van der Waals surface area contributed by atoms with Crippen LogP contribution in [0.1, 0.15) is 12.8 Å². The zero-order valence-electron chi connectivity index (χ0n) is 11.2. The summed E-state index contributed by atoms with van der Waals surface area (Å²) < 4.78 is 5.83. The number of aromatic nitrogens is 1. The molecule has 2 fully saturated rings. The van der Waals surface area contributed by atoms with Gasteiger partial charge in [-0.15, -0.1) is 0 Å². The molecule has 2 aliphatic rings. The standard InChI is InChI=1S/C13H18N4O3/c18-17(19)10-3-4-14-13(6-10)15-7-12-8-16-5-1-2-11(16)9-20-12/h3-4,6,11-12H,1-2,5,7-9H2,(H,14,15). The van der Waals surface area contributed by atoms with Crippen molar-refractivity contribution in [3.8, 4) is 0 Å². The number of ether oxygens (including phenoxy) is 1. The first kappa shape index (κ1) is 13.3. The molecule has 0 amide bonds. The molecule has 1 N–H and O–H groups in total. The first-order valence-electron chi connectivity index (χ1n) is 6.92. The van der Waals surface area contributed by atoms with E-state index in [1.54, 1.807) is 0 Å². The zero-order valence-corrected chi connectivity index (χ0v) is 11.2. The number of morpholine rings is 1. The van der Waals surface area contributed by atoms with E-state index in [4.69, 9.17) is 4.74 Å². The SMILES string of the molecule is O=[N+]([O-])c1ccnc(NCC2CN3CCCC3CO2)c1. The van der Waals surface area contributed by atoms with Crippen molar-refractivity contribution in [2.75, 3.05) is 31.6 Å². The summed E-state index contributed by atoms with van der Waals surface area (Å²) in [7, 11) is 0. The Bertz CT molecular complexity index is 496. The van der Waals surface area contributed by atoms with E-state index in [2.05, 4.69) is 15.2 Å². The van der Waals surface area contributed by atoms with Gasteiger partial charge in [-0.3, -0.25) is 15.0 Å². The van der Waals surface area contributed by atoms with Crippen molar-refractivity contribution in [3.63, 3.8) is 0 Å². The van der Waals surface area contributed by atoms with Crippen LogP contribution in [0, 0.1) is 10.1 Å². The predicted molar refractivity (Wildman–Crippen MR) is 73.7 cm³/mol. The summed E-state index contributed by atoms with van der Waals surface area (Å²) in [5.74, 6) is 0.520. The Morgan fingerprint density at radius 3 is 3.35 bits per heavy atom. The van der Waals surface area contributed by atoms with Gasteiger partial charge in [-0.05, 0) is 19.4 Å². The highest BCUT2D eigenvalue weighted by Gasteiger charge is 2.31. The van der Waals surface area contributed by atoms with Crippen LogP contribution in [0.5, 0.6) is 0 Å². The number of anilines is 1. The van der Waals surface area contributed by atoms with Gasteiger partial charge in [0, 0.05) is 31.4 Å². The number of nitrogens with zero attached hydrogens (tertiary/aromatic N) is 3. The minimum absolute atomic E-state index is 0.0478. The van der Waals surface area contributed by atoms with E-state index >= 15 is 0 Å². The molecule has 0 bridgehead atoms. The Hall–Kier alpha value is -1.73. The van der Waals surface area contributed by atoms with Gasteiger partial charge in [0.2, 0.25) is 0 Å². The van der Waals surface area contributed by atoms with Crippen molar-refractivity contribution in [2.24, 2.45) is 0 Å². The van der Waals surface area contributed by atoms with Gasteiger partial charge in [0.15, 0.2) is 0 Å². The maximum absolute atomic E-state index is 10.7. The lowest BCUT2D eigenvalue weighted by Crippen LogP contribution is -2.48. The van der Waals surface area contributed by atoms with Crippen LogP contribution in [-0.4, -0.2) is 53.2 Å². The van der Waals surface area contributed by atoms with E-state index < -0.39 is 4.92 Å². The molecule has 7 heteroatoms. The highest BCUT2D eigenvalue weighted by molar-refractivity contribution is 5.44. The largest absolute Gasteiger partial charge is 0.373 e. The average molecular weight is 278 g/mol. The third kappa shape index (κ3) is 2.88. The number of pyridine rings is 1. The Morgan fingerprint density at radius 1 is 1.60 bits per heavy atom. The van der Waals surface area contributed by atoms with Crippen LogP contribution in [-0.2, 0) is 4.74 Å². The fourth-order valence-corrected chi connectivity index (χ4v) is 2.86. The molecule has 1 aromatic rings. The molecule has 20 heavy (non-hydrogen) atoms. The van der Waals surface area contributed by atoms with Crippen LogP contribution < -0.4 is 5.32 Å². The molecule has 3 rings (SSSR count). The molecule has 0 aromatic carbocycles. The summed E-state index contributed by atoms with van der Waals surface area (Å²) in [5.41, 5.74) is 0.0478. The van der Waals surface area contributed by atoms with Crippen molar-refractivity contribution < 1.29 is 9.66 Å². The summed E-state index contributed by atoms with van der Waals surface area (Å²) in [5, 5.41) is 13.8. The molecule has 0 spiro atoms. The number of nitrogens with one attached hydrogen (secondary N) is 1. The molecule has 2 unspecified atom stereocenters. The lowest BCUT2D eigenvalue weighted by molar-refractivity contribution is -0.384. The van der Waals surface area contributed by atoms with E-state index in [0.717, 1.165) is 19.7 Å². The summed E-state index contributed by atoms with van der Waals surface area (Å²) in [6.07, 6.45) is 4.04. The minimum atomic E-state index is -0.418. The molecule has 2 saturated heterocycles. The maximum Gasteiger partial charge on any atom is 0.274 e. The third-order valence-corrected chi connectivity index (χ3v) is 3.93. The number of rotatable bonds is 4. The molecule has 0 aliphatic carbocycles. The average Bonchev–Trinajstić information content (AvgIpc) is 2.93. The number of nitro groups is 1. The van der Waals surface area contributed by atoms with Crippen LogP contribution in [0.4, 0.5) is 11.5 Å². The fourth-order valence-electron chi connectivity index (χ4n) is 2.86. The van der Waals surface area contributed by atoms with E-state index in [1.165, 1.54) is 31.2 Å². The number of hydrogen-bond acceptors (Lipinski definition) is 6. The minimum Gasteiger partial charge on any atom is -0.373 e. The van der Waals surface area contributed by atoms with Crippen molar-refractivity contribution in [1.82, 2.24) is 9.88 Å². The Balaban J connectivity index is 1.54. The Kier molecular flexibility index (Phi) is 3.79. The lowest BCUT2D eigenvalue weighted by atomic mass is 10.2. The van der Waals surface area contributed by atoms with Crippen LogP contribution in [0.25, 0.3) is 0 Å². The fraction of sp³-hybridized carbons (Fsp3) is 0.615. The van der Waals surface area contributed by atoms with Crippen molar-refractivity contribution in [2.45, 2.75) is 25.0 Å². The van der Waals surface area contributed by atoms with Gasteiger partial charge in [0.05, 0.1) is 23.7 Å². The second-order valence-corrected chi connectivity index (χ2v) is 5.28. The zero-order chi connectivity index (χ0) is 13.9. The van der Waals surface area contributed by atoms with Crippen molar-refractivity contribution in [3.05, 3.63) is 28.4 Å². The smallest absolute Gasteiger partial charge is 0.274 e. The summed E-state index contributed by atoms with van der Waals surface area (Å²) >= 11 is 0. The maximum atomic E-state index is 10.7. The highest BCUT2D eigenvalue weighted by atomic mass is 16.6. The molecule has 0 radical (unpaired) electrons. The molecular formula is C13H18N4O3. The quantitative estimate of drug-likeness (QED) is 0.660. The molecule has 1 aromatic heterocycles. The van der Waals surface area contributed by atoms with E-state index in [1.807, 2.05) is 0 Å². The first-order chi connectivity index (χ1) is 9.72. The second-order valence-electron chi connectivity index (χ2n) is 5.28. The molecule has 108 valence electrons. The molecule has 2 aliphatic heterocycles. The van der Waals surface area contributed by atoms with Gasteiger partial charge in [-0.1, -0.05) is 0 Å². The number of fused-ring (bicyclic) bond motifs is 1. The normalized spacial score (nSPS) is 26.2. The Morgan fingerprint density at radius 2 is 2.50 bits per heavy atom. The van der Waals surface area contributed by atoms with Crippen LogP contribution >= 0.6 is 0 Å². The third-order valence-electron chi connectivity index (χ3n) is 3.93. The van der Waals surface area contributed by atoms with Gasteiger partial charge in [0.1, 0.15) is 5.82 Å². The van der Waals surface area contributed by atoms with Gasteiger partial charge in [-0.2, -0.15) is 0 Å². The van der Waals surface area contributed by atoms with Crippen LogP contribution in [0.15, 0.2) is 18.3 Å². The van der Waals surface area contributed by atoms with Crippen LogP contribution in [0.3, 0.4) is 0 Å². The molecule has 2 atom stereocenters. The first-order valence-corrected chi connectivity index (χ1v) is 6.92. The Labute approximate surface area is 117 Å². The molecular weight excluding hydrogens is 260 g/mol. The van der Waals surface area contributed by atoms with Crippen molar-refractivity contribution in [1.29, 1.82) is 0 Å². The number of hydrogen-bond donors (Lipinski definition) is 1. The van der Waals surface area contributed by atoms with Gasteiger partial charge < -0.3 is 10.1 Å². The van der Waals surface area contributed by atoms with E-state index in [9.17, 15) is 10.1 Å². The topological polar surface area (TPSA) is 80.5 Å². The van der Waals surface area contributed by atoms with E-state index in [0.29, 0.717) is 18.4 Å². The highest BCUT2D eigenvalue weighted by Crippen LogP contribution is 2.23. The summed E-state index contributed by atoms with van der Waals surface area (Å²) in [6, 6.07) is 3.42. The monoisotopic (exact) mass is 278 g/mol. The second kappa shape index (κ2) is 5.72. The summed E-state index contributed by atoms with van der Waals surface area (Å²) in [6.45, 7) is 3.48. The van der Waals surface area contributed by atoms with Gasteiger partial charge in [-0.25, -0.2) is 4.98 Å². The van der Waals surface area contributed by atoms with Gasteiger partial charge >= 0.3 is 0 Å². The molecule has 0 saturated carbocycles.